The van der Waals surface area contributed by atoms with E-state index in [-0.39, 0.29) is 14.6 Å². The Morgan fingerprint density at radius 3 is 2.85 bits per heavy atom. The topological polar surface area (TPSA) is 41.7 Å². The molecule has 5 heteroatoms. The standard InChI is InChI=1S/C15H18N4Se/c1-4-19-10(2)8-12(11(19)3)9-16-13-6-5-7-14-15(13)18-20-17-14/h5-8,16H,4,9H2,1-3H3. The Morgan fingerprint density at radius 2 is 2.10 bits per heavy atom. The van der Waals surface area contributed by atoms with Crippen LogP contribution in [0.3, 0.4) is 0 Å². The molecule has 0 unspecified atom stereocenters. The second kappa shape index (κ2) is 5.43. The van der Waals surface area contributed by atoms with Gasteiger partial charge in [-0.3, -0.25) is 0 Å². The van der Waals surface area contributed by atoms with E-state index in [2.05, 4.69) is 50.7 Å². The molecule has 2 heterocycles. The minimum absolute atomic E-state index is 0.0260. The molecule has 104 valence electrons. The molecule has 0 amide bonds. The fraction of sp³-hybridized carbons (Fsp3) is 0.333. The van der Waals surface area contributed by atoms with Gasteiger partial charge in [0.05, 0.1) is 0 Å². The summed E-state index contributed by atoms with van der Waals surface area (Å²) in [6.45, 7) is 8.39. The van der Waals surface area contributed by atoms with Crippen LogP contribution >= 0.6 is 0 Å². The van der Waals surface area contributed by atoms with Gasteiger partial charge in [-0.1, -0.05) is 0 Å². The van der Waals surface area contributed by atoms with Crippen LogP contribution in [0.1, 0.15) is 23.9 Å². The number of fused-ring (bicyclic) bond motifs is 1. The second-order valence-electron chi connectivity index (χ2n) is 4.93. The number of nitrogens with one attached hydrogen (secondary N) is 1. The monoisotopic (exact) mass is 334 g/mol. The predicted molar refractivity (Wildman–Crippen MR) is 83.3 cm³/mol. The van der Waals surface area contributed by atoms with Gasteiger partial charge in [0, 0.05) is 0 Å². The van der Waals surface area contributed by atoms with Crippen LogP contribution in [0.2, 0.25) is 0 Å². The van der Waals surface area contributed by atoms with Gasteiger partial charge >= 0.3 is 125 Å². The zero-order chi connectivity index (χ0) is 14.1. The van der Waals surface area contributed by atoms with Crippen molar-refractivity contribution in [2.45, 2.75) is 33.9 Å². The molecule has 1 aliphatic rings. The molecule has 0 bridgehead atoms. The van der Waals surface area contributed by atoms with Crippen molar-refractivity contribution in [1.82, 2.24) is 4.57 Å². The van der Waals surface area contributed by atoms with Gasteiger partial charge in [0.1, 0.15) is 0 Å². The molecular formula is C15H18N4Se. The number of rotatable bonds is 4. The Morgan fingerprint density at radius 1 is 1.25 bits per heavy atom. The van der Waals surface area contributed by atoms with Crippen molar-refractivity contribution in [1.29, 1.82) is 0 Å². The number of hydrogen-bond acceptors (Lipinski definition) is 3. The summed E-state index contributed by atoms with van der Waals surface area (Å²) in [6, 6.07) is 8.41. The van der Waals surface area contributed by atoms with Crippen molar-refractivity contribution in [3.8, 4) is 0 Å². The zero-order valence-electron chi connectivity index (χ0n) is 12.0. The fourth-order valence-corrected chi connectivity index (χ4v) is 3.83. The molecular weight excluding hydrogens is 315 g/mol. The van der Waals surface area contributed by atoms with Gasteiger partial charge < -0.3 is 0 Å². The molecule has 0 saturated heterocycles. The number of aryl methyl sites for hydroxylation is 1. The van der Waals surface area contributed by atoms with E-state index in [4.69, 9.17) is 0 Å². The number of hydrogen-bond donors (Lipinski definition) is 1. The normalized spacial score (nSPS) is 12.3. The Labute approximate surface area is 125 Å². The van der Waals surface area contributed by atoms with Gasteiger partial charge in [-0.2, -0.15) is 0 Å². The summed E-state index contributed by atoms with van der Waals surface area (Å²) in [5.74, 6) is 0. The van der Waals surface area contributed by atoms with Gasteiger partial charge in [0.15, 0.2) is 0 Å². The van der Waals surface area contributed by atoms with Crippen molar-refractivity contribution in [3.63, 3.8) is 0 Å². The molecule has 1 aliphatic heterocycles. The van der Waals surface area contributed by atoms with E-state index in [1.807, 2.05) is 12.1 Å². The first-order valence-corrected chi connectivity index (χ1v) is 8.34. The van der Waals surface area contributed by atoms with E-state index < -0.39 is 0 Å². The Kier molecular flexibility index (Phi) is 3.64. The molecule has 0 radical (unpaired) electrons. The number of nitrogens with zero attached hydrogens (tertiary/aromatic N) is 3. The summed E-state index contributed by atoms with van der Waals surface area (Å²) in [4.78, 5) is 0. The average Bonchev–Trinajstić information content (AvgIpc) is 3.01. The van der Waals surface area contributed by atoms with Crippen LogP contribution in [0.4, 0.5) is 17.1 Å². The molecule has 1 N–H and O–H groups in total. The summed E-state index contributed by atoms with van der Waals surface area (Å²) in [5.41, 5.74) is 7.15. The van der Waals surface area contributed by atoms with E-state index in [0.717, 1.165) is 30.2 Å². The summed E-state index contributed by atoms with van der Waals surface area (Å²) in [7, 11) is 0. The van der Waals surface area contributed by atoms with Gasteiger partial charge in [0.2, 0.25) is 0 Å². The van der Waals surface area contributed by atoms with Crippen LogP contribution in [0.5, 0.6) is 0 Å². The molecule has 0 fully saturated rings. The summed E-state index contributed by atoms with van der Waals surface area (Å²) < 4.78 is 11.3. The SMILES string of the molecule is CCn1c(C)cc(CNc2cccc3c2N=[Se]=N3)c1C. The van der Waals surface area contributed by atoms with Crippen molar-refractivity contribution >= 4 is 31.6 Å². The van der Waals surface area contributed by atoms with Gasteiger partial charge in [-0.15, -0.1) is 0 Å². The van der Waals surface area contributed by atoms with Crippen LogP contribution in [-0.4, -0.2) is 19.1 Å². The van der Waals surface area contributed by atoms with Crippen LogP contribution < -0.4 is 5.32 Å². The average molecular weight is 333 g/mol. The van der Waals surface area contributed by atoms with Crippen LogP contribution in [0.25, 0.3) is 0 Å². The predicted octanol–water partition coefficient (Wildman–Crippen LogP) is 4.08. The van der Waals surface area contributed by atoms with E-state index in [0.29, 0.717) is 0 Å². The maximum atomic E-state index is 4.50. The first-order chi connectivity index (χ1) is 9.70. The second-order valence-corrected chi connectivity index (χ2v) is 6.04. The Balaban J connectivity index is 1.81. The zero-order valence-corrected chi connectivity index (χ0v) is 13.7. The van der Waals surface area contributed by atoms with Crippen LogP contribution in [0, 0.1) is 13.8 Å². The van der Waals surface area contributed by atoms with Gasteiger partial charge in [-0.05, 0) is 0 Å². The molecule has 0 spiro atoms. The van der Waals surface area contributed by atoms with E-state index >= 15 is 0 Å². The molecule has 1 aromatic heterocycles. The summed E-state index contributed by atoms with van der Waals surface area (Å²) in [6.07, 6.45) is 0. The van der Waals surface area contributed by atoms with Gasteiger partial charge in [-0.25, -0.2) is 0 Å². The first kappa shape index (κ1) is 13.4. The van der Waals surface area contributed by atoms with E-state index in [1.54, 1.807) is 0 Å². The molecule has 2 aromatic rings. The van der Waals surface area contributed by atoms with E-state index in [1.165, 1.54) is 17.0 Å². The fourth-order valence-electron chi connectivity index (χ4n) is 2.68. The quantitative estimate of drug-likeness (QED) is 0.718. The summed E-state index contributed by atoms with van der Waals surface area (Å²) in [5, 5.41) is 3.51. The number of benzene rings is 1. The summed E-state index contributed by atoms with van der Waals surface area (Å²) >= 11 is 0.0260. The maximum absolute atomic E-state index is 4.50. The molecule has 4 nitrogen and oxygen atoms in total. The van der Waals surface area contributed by atoms with Crippen molar-refractivity contribution < 1.29 is 0 Å². The van der Waals surface area contributed by atoms with Crippen molar-refractivity contribution in [2.24, 2.45) is 7.92 Å². The molecule has 20 heavy (non-hydrogen) atoms. The molecule has 3 rings (SSSR count). The Hall–Kier alpha value is -1.58. The number of anilines is 1. The third-order valence-electron chi connectivity index (χ3n) is 3.75. The van der Waals surface area contributed by atoms with E-state index in [9.17, 15) is 0 Å². The molecule has 0 aliphatic carbocycles. The third-order valence-corrected chi connectivity index (χ3v) is 4.89. The third kappa shape index (κ3) is 2.28. The first-order valence-electron chi connectivity index (χ1n) is 6.81. The minimum atomic E-state index is 0.0260. The van der Waals surface area contributed by atoms with Crippen LogP contribution in [-0.2, 0) is 13.1 Å². The number of aromatic nitrogens is 1. The molecule has 0 atom stereocenters. The van der Waals surface area contributed by atoms with Crippen molar-refractivity contribution in [3.05, 3.63) is 41.2 Å². The molecule has 0 saturated carbocycles. The van der Waals surface area contributed by atoms with Gasteiger partial charge in [0.25, 0.3) is 0 Å². The van der Waals surface area contributed by atoms with Crippen molar-refractivity contribution in [2.75, 3.05) is 5.32 Å². The Bertz CT molecular complexity index is 724. The van der Waals surface area contributed by atoms with Crippen LogP contribution in [0.15, 0.2) is 32.2 Å². The molecule has 1 aromatic carbocycles.